The van der Waals surface area contributed by atoms with Gasteiger partial charge in [-0.15, -0.1) is 0 Å². The highest BCUT2D eigenvalue weighted by Gasteiger charge is 2.32. The molecule has 2 atom stereocenters. The number of anilines is 1. The number of hydrogen-bond acceptors (Lipinski definition) is 3. The summed E-state index contributed by atoms with van der Waals surface area (Å²) in [6, 6.07) is 6.80. The Balaban J connectivity index is 2.41. The van der Waals surface area contributed by atoms with E-state index in [4.69, 9.17) is 10.5 Å². The van der Waals surface area contributed by atoms with Gasteiger partial charge in [0.25, 0.3) is 0 Å². The van der Waals surface area contributed by atoms with Crippen molar-refractivity contribution in [3.05, 3.63) is 23.8 Å². The lowest BCUT2D eigenvalue weighted by atomic mass is 10.0. The Hall–Kier alpha value is -1.22. The maximum Gasteiger partial charge on any atom is 0.124 e. The molecule has 0 bridgehead atoms. The van der Waals surface area contributed by atoms with Gasteiger partial charge in [-0.1, -0.05) is 6.07 Å². The van der Waals surface area contributed by atoms with E-state index in [9.17, 15) is 0 Å². The molecule has 2 N–H and O–H groups in total. The topological polar surface area (TPSA) is 38.5 Å². The third-order valence-electron chi connectivity index (χ3n) is 3.40. The van der Waals surface area contributed by atoms with Gasteiger partial charge in [0.15, 0.2) is 0 Å². The quantitative estimate of drug-likeness (QED) is 0.844. The summed E-state index contributed by atoms with van der Waals surface area (Å²) in [7, 11) is 1.73. The molecule has 0 amide bonds. The molecule has 1 aliphatic heterocycles. The average Bonchev–Trinajstić information content (AvgIpc) is 2.67. The summed E-state index contributed by atoms with van der Waals surface area (Å²) in [5.74, 6) is 0.985. The predicted octanol–water partition coefficient (Wildman–Crippen LogP) is 1.79. The molecule has 1 aromatic rings. The van der Waals surface area contributed by atoms with Crippen LogP contribution >= 0.6 is 0 Å². The van der Waals surface area contributed by atoms with E-state index >= 15 is 0 Å². The Bertz CT molecular complexity index is 376. The van der Waals surface area contributed by atoms with Crippen molar-refractivity contribution >= 4 is 5.69 Å². The van der Waals surface area contributed by atoms with Crippen LogP contribution in [-0.2, 0) is 6.42 Å². The van der Waals surface area contributed by atoms with Gasteiger partial charge in [-0.3, -0.25) is 0 Å². The van der Waals surface area contributed by atoms with E-state index < -0.39 is 0 Å². The third kappa shape index (κ3) is 1.65. The first-order valence-electron chi connectivity index (χ1n) is 5.87. The molecule has 2 unspecified atom stereocenters. The van der Waals surface area contributed by atoms with Crippen molar-refractivity contribution in [3.8, 4) is 5.75 Å². The minimum atomic E-state index is 0.178. The van der Waals surface area contributed by atoms with Gasteiger partial charge >= 0.3 is 0 Å². The fraction of sp³-hybridized carbons (Fsp3) is 0.538. The van der Waals surface area contributed by atoms with Crippen LogP contribution in [0.3, 0.4) is 0 Å². The van der Waals surface area contributed by atoms with E-state index in [1.165, 1.54) is 11.3 Å². The number of hydrogen-bond donors (Lipinski definition) is 1. The van der Waals surface area contributed by atoms with Crippen molar-refractivity contribution in [2.45, 2.75) is 32.4 Å². The van der Waals surface area contributed by atoms with Gasteiger partial charge in [-0.2, -0.15) is 0 Å². The van der Waals surface area contributed by atoms with E-state index in [1.807, 2.05) is 12.1 Å². The summed E-state index contributed by atoms with van der Waals surface area (Å²) in [6.07, 6.45) is 0.991. The maximum absolute atomic E-state index is 6.05. The van der Waals surface area contributed by atoms with Crippen LogP contribution in [-0.4, -0.2) is 25.7 Å². The lowest BCUT2D eigenvalue weighted by Crippen LogP contribution is -2.44. The van der Waals surface area contributed by atoms with E-state index in [2.05, 4.69) is 24.8 Å². The summed E-state index contributed by atoms with van der Waals surface area (Å²) in [6.45, 7) is 5.24. The summed E-state index contributed by atoms with van der Waals surface area (Å²) < 4.78 is 5.41. The lowest BCUT2D eigenvalue weighted by molar-refractivity contribution is 0.409. The largest absolute Gasteiger partial charge is 0.496 e. The smallest absolute Gasteiger partial charge is 0.124 e. The van der Waals surface area contributed by atoms with Crippen molar-refractivity contribution in [3.63, 3.8) is 0 Å². The molecule has 0 fully saturated rings. The van der Waals surface area contributed by atoms with Gasteiger partial charge < -0.3 is 15.4 Å². The fourth-order valence-corrected chi connectivity index (χ4v) is 2.59. The Morgan fingerprint density at radius 1 is 1.56 bits per heavy atom. The molecule has 0 spiro atoms. The molecule has 3 nitrogen and oxygen atoms in total. The minimum absolute atomic E-state index is 0.178. The molecule has 3 heteroatoms. The second kappa shape index (κ2) is 4.34. The molecule has 16 heavy (non-hydrogen) atoms. The van der Waals surface area contributed by atoms with Crippen LogP contribution in [0.2, 0.25) is 0 Å². The molecular weight excluding hydrogens is 200 g/mol. The zero-order valence-electron chi connectivity index (χ0n) is 10.2. The first kappa shape index (κ1) is 11.3. The number of benzene rings is 1. The molecule has 0 saturated heterocycles. The number of methoxy groups -OCH3 is 1. The van der Waals surface area contributed by atoms with Crippen molar-refractivity contribution < 1.29 is 4.74 Å². The normalized spacial score (nSPS) is 20.8. The molecule has 2 rings (SSSR count). The second-order valence-electron chi connectivity index (χ2n) is 4.37. The molecular formula is C13H20N2O. The average molecular weight is 220 g/mol. The maximum atomic E-state index is 6.05. The number of fused-ring (bicyclic) bond motifs is 1. The number of nitrogens with zero attached hydrogens (tertiary/aromatic N) is 1. The molecule has 0 aromatic heterocycles. The van der Waals surface area contributed by atoms with Gasteiger partial charge in [0.2, 0.25) is 0 Å². The van der Waals surface area contributed by atoms with Crippen LogP contribution in [0.25, 0.3) is 0 Å². The van der Waals surface area contributed by atoms with E-state index in [0.29, 0.717) is 6.04 Å². The number of rotatable bonds is 3. The zero-order valence-corrected chi connectivity index (χ0v) is 10.2. The monoisotopic (exact) mass is 220 g/mol. The first-order chi connectivity index (χ1) is 7.69. The van der Waals surface area contributed by atoms with E-state index in [0.717, 1.165) is 18.7 Å². The van der Waals surface area contributed by atoms with E-state index in [-0.39, 0.29) is 6.04 Å². The summed E-state index contributed by atoms with van der Waals surface area (Å²) in [5, 5.41) is 0. The highest BCUT2D eigenvalue weighted by Crippen LogP contribution is 2.38. The van der Waals surface area contributed by atoms with Gasteiger partial charge in [0.1, 0.15) is 5.75 Å². The first-order valence-corrected chi connectivity index (χ1v) is 5.87. The molecule has 1 heterocycles. The van der Waals surface area contributed by atoms with Crippen molar-refractivity contribution in [2.24, 2.45) is 5.73 Å². The van der Waals surface area contributed by atoms with E-state index in [1.54, 1.807) is 7.11 Å². The number of ether oxygens (including phenoxy) is 1. The van der Waals surface area contributed by atoms with Crippen LogP contribution in [0.4, 0.5) is 5.69 Å². The highest BCUT2D eigenvalue weighted by atomic mass is 16.5. The molecule has 88 valence electrons. The van der Waals surface area contributed by atoms with Crippen LogP contribution in [0.15, 0.2) is 18.2 Å². The Morgan fingerprint density at radius 2 is 2.31 bits per heavy atom. The lowest BCUT2D eigenvalue weighted by Gasteiger charge is -2.28. The van der Waals surface area contributed by atoms with Crippen LogP contribution in [0.5, 0.6) is 5.75 Å². The fourth-order valence-electron chi connectivity index (χ4n) is 2.59. The van der Waals surface area contributed by atoms with Gasteiger partial charge in [-0.25, -0.2) is 0 Å². The van der Waals surface area contributed by atoms with Crippen LogP contribution in [0, 0.1) is 0 Å². The van der Waals surface area contributed by atoms with Gasteiger partial charge in [0, 0.05) is 29.9 Å². The van der Waals surface area contributed by atoms with Crippen LogP contribution < -0.4 is 15.4 Å². The molecule has 0 radical (unpaired) electrons. The number of nitrogens with two attached hydrogens (primary N) is 1. The molecule has 0 aliphatic carbocycles. The summed E-state index contributed by atoms with van der Waals surface area (Å²) in [4.78, 5) is 2.38. The second-order valence-corrected chi connectivity index (χ2v) is 4.37. The van der Waals surface area contributed by atoms with Crippen molar-refractivity contribution in [1.29, 1.82) is 0 Å². The Labute approximate surface area is 97.2 Å². The summed E-state index contributed by atoms with van der Waals surface area (Å²) >= 11 is 0. The Kier molecular flexibility index (Phi) is 3.06. The molecule has 1 aromatic carbocycles. The zero-order chi connectivity index (χ0) is 11.7. The minimum Gasteiger partial charge on any atom is -0.496 e. The molecule has 0 saturated carbocycles. The van der Waals surface area contributed by atoms with Crippen molar-refractivity contribution in [2.75, 3.05) is 18.6 Å². The standard InChI is InChI=1S/C13H20N2O/c1-4-15-11-6-5-7-13(16-3)10(11)8-12(15)9(2)14/h5-7,9,12H,4,8,14H2,1-3H3. The SMILES string of the molecule is CCN1c2cccc(OC)c2CC1C(C)N. The highest BCUT2D eigenvalue weighted by molar-refractivity contribution is 5.64. The number of likely N-dealkylation sites (N-methyl/N-ethyl adjacent to an activating group) is 1. The predicted molar refractivity (Wildman–Crippen MR) is 67.2 cm³/mol. The van der Waals surface area contributed by atoms with Gasteiger partial charge in [0.05, 0.1) is 7.11 Å². The third-order valence-corrected chi connectivity index (χ3v) is 3.40. The van der Waals surface area contributed by atoms with Gasteiger partial charge in [-0.05, 0) is 32.4 Å². The molecule has 1 aliphatic rings. The van der Waals surface area contributed by atoms with Crippen molar-refractivity contribution in [1.82, 2.24) is 0 Å². The van der Waals surface area contributed by atoms with Crippen LogP contribution in [0.1, 0.15) is 19.4 Å². The Morgan fingerprint density at radius 3 is 2.88 bits per heavy atom. The summed E-state index contributed by atoms with van der Waals surface area (Å²) in [5.41, 5.74) is 8.63.